The van der Waals surface area contributed by atoms with Crippen LogP contribution in [0.2, 0.25) is 0 Å². The molecule has 0 radical (unpaired) electrons. The van der Waals surface area contributed by atoms with E-state index in [1.165, 1.54) is 0 Å². The zero-order valence-electron chi connectivity index (χ0n) is 8.66. The van der Waals surface area contributed by atoms with E-state index in [1.54, 1.807) is 11.8 Å². The fourth-order valence-corrected chi connectivity index (χ4v) is 1.53. The van der Waals surface area contributed by atoms with Crippen LogP contribution in [-0.4, -0.2) is 17.4 Å². The maximum atomic E-state index is 11.3. The summed E-state index contributed by atoms with van der Waals surface area (Å²) in [5.41, 5.74) is 0.357. The smallest absolute Gasteiger partial charge is 0.412 e. The van der Waals surface area contributed by atoms with Gasteiger partial charge in [-0.05, 0) is 32.3 Å². The van der Waals surface area contributed by atoms with Gasteiger partial charge in [-0.15, -0.1) is 11.8 Å². The number of ether oxygens (including phenoxy) is 1. The summed E-state index contributed by atoms with van der Waals surface area (Å²) in [6, 6.07) is 0. The molecule has 0 saturated carbocycles. The summed E-state index contributed by atoms with van der Waals surface area (Å²) in [4.78, 5) is 11.3. The first kappa shape index (κ1) is 11.2. The number of nitrogens with one attached hydrogen (secondary N) is 1. The minimum Gasteiger partial charge on any atom is -0.444 e. The largest absolute Gasteiger partial charge is 0.444 e. The molecule has 1 N–H and O–H groups in total. The molecule has 0 bridgehead atoms. The van der Waals surface area contributed by atoms with E-state index in [2.05, 4.69) is 5.32 Å². The number of carbonyl (C=O) groups is 1. The van der Waals surface area contributed by atoms with Crippen LogP contribution in [0.5, 0.6) is 0 Å². The molecule has 0 atom stereocenters. The van der Waals surface area contributed by atoms with Gasteiger partial charge in [-0.1, -0.05) is 6.08 Å². The van der Waals surface area contributed by atoms with E-state index >= 15 is 0 Å². The SMILES string of the molecule is CC(C)(C)OC(=O)NC1=CCSC=C1. The first-order chi connectivity index (χ1) is 6.47. The molecule has 4 heteroatoms. The lowest BCUT2D eigenvalue weighted by molar-refractivity contribution is 0.0548. The number of allylic oxidation sites excluding steroid dienone is 1. The molecule has 0 fully saturated rings. The summed E-state index contributed by atoms with van der Waals surface area (Å²) in [5, 5.41) is 4.63. The second kappa shape index (κ2) is 4.55. The van der Waals surface area contributed by atoms with Crippen LogP contribution in [0.25, 0.3) is 0 Å². The summed E-state index contributed by atoms with van der Waals surface area (Å²) >= 11 is 1.69. The van der Waals surface area contributed by atoms with Gasteiger partial charge in [-0.2, -0.15) is 0 Å². The lowest BCUT2D eigenvalue weighted by Crippen LogP contribution is -2.31. The Morgan fingerprint density at radius 2 is 2.29 bits per heavy atom. The van der Waals surface area contributed by atoms with Crippen molar-refractivity contribution in [1.82, 2.24) is 5.32 Å². The Morgan fingerprint density at radius 1 is 1.57 bits per heavy atom. The Bertz CT molecular complexity index is 276. The van der Waals surface area contributed by atoms with Crippen molar-refractivity contribution in [1.29, 1.82) is 0 Å². The molecule has 0 spiro atoms. The van der Waals surface area contributed by atoms with Crippen LogP contribution >= 0.6 is 11.8 Å². The monoisotopic (exact) mass is 213 g/mol. The van der Waals surface area contributed by atoms with E-state index < -0.39 is 11.7 Å². The number of thioether (sulfide) groups is 1. The average molecular weight is 213 g/mol. The van der Waals surface area contributed by atoms with Gasteiger partial charge >= 0.3 is 6.09 Å². The number of rotatable bonds is 1. The minimum atomic E-state index is -0.447. The molecular weight excluding hydrogens is 198 g/mol. The summed E-state index contributed by atoms with van der Waals surface area (Å²) in [6.07, 6.45) is 3.41. The van der Waals surface area contributed by atoms with E-state index in [1.807, 2.05) is 38.3 Å². The second-order valence-electron chi connectivity index (χ2n) is 3.92. The van der Waals surface area contributed by atoms with Crippen LogP contribution in [0.15, 0.2) is 23.3 Å². The Morgan fingerprint density at radius 3 is 2.79 bits per heavy atom. The number of alkyl carbamates (subject to hydrolysis) is 1. The molecule has 0 aliphatic carbocycles. The number of carbonyl (C=O) groups excluding carboxylic acids is 1. The van der Waals surface area contributed by atoms with Crippen LogP contribution in [0.1, 0.15) is 20.8 Å². The van der Waals surface area contributed by atoms with Crippen molar-refractivity contribution in [3.8, 4) is 0 Å². The van der Waals surface area contributed by atoms with Gasteiger partial charge in [0.25, 0.3) is 0 Å². The molecule has 1 heterocycles. The van der Waals surface area contributed by atoms with E-state index in [0.717, 1.165) is 11.4 Å². The molecule has 3 nitrogen and oxygen atoms in total. The standard InChI is InChI=1S/C10H15NO2S/c1-10(2,3)13-9(12)11-8-4-6-14-7-5-8/h4-6H,7H2,1-3H3,(H,11,12). The topological polar surface area (TPSA) is 38.3 Å². The summed E-state index contributed by atoms with van der Waals surface area (Å²) in [7, 11) is 0. The highest BCUT2D eigenvalue weighted by Gasteiger charge is 2.16. The van der Waals surface area contributed by atoms with Gasteiger partial charge in [-0.3, -0.25) is 5.32 Å². The van der Waals surface area contributed by atoms with Crippen LogP contribution < -0.4 is 5.32 Å². The average Bonchev–Trinajstić information content (AvgIpc) is 2.02. The summed E-state index contributed by atoms with van der Waals surface area (Å²) in [6.45, 7) is 5.52. The van der Waals surface area contributed by atoms with E-state index in [0.29, 0.717) is 0 Å². The molecule has 1 aliphatic rings. The molecule has 0 saturated heterocycles. The predicted octanol–water partition coefficient (Wildman–Crippen LogP) is 2.66. The van der Waals surface area contributed by atoms with Gasteiger partial charge in [0.05, 0.1) is 0 Å². The third kappa shape index (κ3) is 4.37. The predicted molar refractivity (Wildman–Crippen MR) is 59.1 cm³/mol. The van der Waals surface area contributed by atoms with Gasteiger partial charge in [0.2, 0.25) is 0 Å². The van der Waals surface area contributed by atoms with E-state index in [-0.39, 0.29) is 0 Å². The van der Waals surface area contributed by atoms with Crippen molar-refractivity contribution in [3.63, 3.8) is 0 Å². The molecule has 1 aliphatic heterocycles. The van der Waals surface area contributed by atoms with Crippen molar-refractivity contribution in [3.05, 3.63) is 23.3 Å². The molecular formula is C10H15NO2S. The highest BCUT2D eigenvalue weighted by molar-refractivity contribution is 8.02. The summed E-state index contributed by atoms with van der Waals surface area (Å²) < 4.78 is 5.11. The highest BCUT2D eigenvalue weighted by Crippen LogP contribution is 2.13. The van der Waals surface area contributed by atoms with Crippen LogP contribution in [0, 0.1) is 0 Å². The lowest BCUT2D eigenvalue weighted by Gasteiger charge is -2.20. The Kier molecular flexibility index (Phi) is 3.63. The van der Waals surface area contributed by atoms with E-state index in [9.17, 15) is 4.79 Å². The number of amides is 1. The van der Waals surface area contributed by atoms with Crippen molar-refractivity contribution < 1.29 is 9.53 Å². The zero-order chi connectivity index (χ0) is 10.6. The first-order valence-corrected chi connectivity index (χ1v) is 5.50. The molecule has 78 valence electrons. The molecule has 1 amide bonds. The third-order valence-corrected chi connectivity index (χ3v) is 2.08. The maximum Gasteiger partial charge on any atom is 0.412 e. The highest BCUT2D eigenvalue weighted by atomic mass is 32.2. The van der Waals surface area contributed by atoms with Crippen molar-refractivity contribution in [2.45, 2.75) is 26.4 Å². The van der Waals surface area contributed by atoms with Gasteiger partial charge < -0.3 is 4.74 Å². The molecule has 1 rings (SSSR count). The van der Waals surface area contributed by atoms with Gasteiger partial charge in [0, 0.05) is 11.4 Å². The lowest BCUT2D eigenvalue weighted by atomic mass is 10.2. The fourth-order valence-electron chi connectivity index (χ4n) is 0.897. The molecule has 0 aromatic rings. The molecule has 0 aromatic heterocycles. The van der Waals surface area contributed by atoms with Gasteiger partial charge in [-0.25, -0.2) is 4.79 Å². The number of hydrogen-bond donors (Lipinski definition) is 1. The fraction of sp³-hybridized carbons (Fsp3) is 0.500. The molecule has 0 aromatic carbocycles. The number of hydrogen-bond acceptors (Lipinski definition) is 3. The quantitative estimate of drug-likeness (QED) is 0.727. The van der Waals surface area contributed by atoms with Gasteiger partial charge in [0.1, 0.15) is 5.60 Å². The molecule has 14 heavy (non-hydrogen) atoms. The second-order valence-corrected chi connectivity index (χ2v) is 4.86. The normalized spacial score (nSPS) is 16.1. The van der Waals surface area contributed by atoms with Gasteiger partial charge in [0.15, 0.2) is 0 Å². The molecule has 0 unspecified atom stereocenters. The van der Waals surface area contributed by atoms with Crippen molar-refractivity contribution in [2.24, 2.45) is 0 Å². The van der Waals surface area contributed by atoms with Crippen LogP contribution in [0.4, 0.5) is 4.79 Å². The third-order valence-electron chi connectivity index (χ3n) is 1.39. The summed E-state index contributed by atoms with van der Waals surface area (Å²) in [5.74, 6) is 0.891. The Balaban J connectivity index is 2.41. The Hall–Kier alpha value is -0.900. The van der Waals surface area contributed by atoms with Crippen LogP contribution in [0.3, 0.4) is 0 Å². The maximum absolute atomic E-state index is 11.3. The van der Waals surface area contributed by atoms with E-state index in [4.69, 9.17) is 4.74 Å². The van der Waals surface area contributed by atoms with Crippen molar-refractivity contribution in [2.75, 3.05) is 5.75 Å². The first-order valence-electron chi connectivity index (χ1n) is 4.46. The Labute approximate surface area is 88.6 Å². The minimum absolute atomic E-state index is 0.403. The van der Waals surface area contributed by atoms with Crippen molar-refractivity contribution >= 4 is 17.9 Å². The van der Waals surface area contributed by atoms with Crippen LogP contribution in [-0.2, 0) is 4.74 Å². The zero-order valence-corrected chi connectivity index (χ0v) is 9.48.